The Kier molecular flexibility index (Phi) is 7.73. The quantitative estimate of drug-likeness (QED) is 0.474. The Labute approximate surface area is 196 Å². The summed E-state index contributed by atoms with van der Waals surface area (Å²) in [7, 11) is 0. The molecule has 6 nitrogen and oxygen atoms in total. The Balaban J connectivity index is 1.64. The van der Waals surface area contributed by atoms with Crippen molar-refractivity contribution in [3.05, 3.63) is 107 Å². The van der Waals surface area contributed by atoms with Crippen LogP contribution in [0.1, 0.15) is 45.7 Å². The van der Waals surface area contributed by atoms with Gasteiger partial charge in [-0.15, -0.1) is 0 Å². The van der Waals surface area contributed by atoms with E-state index in [1.807, 2.05) is 0 Å². The van der Waals surface area contributed by atoms with Crippen molar-refractivity contribution in [2.24, 2.45) is 0 Å². The van der Waals surface area contributed by atoms with E-state index in [0.29, 0.717) is 11.1 Å². The van der Waals surface area contributed by atoms with Crippen molar-refractivity contribution in [1.82, 2.24) is 16.0 Å². The Morgan fingerprint density at radius 3 is 1.62 bits per heavy atom. The van der Waals surface area contributed by atoms with Crippen LogP contribution in [0, 0.1) is 11.6 Å². The number of halogens is 2. The zero-order valence-electron chi connectivity index (χ0n) is 18.8. The lowest BCUT2D eigenvalue weighted by Gasteiger charge is -2.25. The Morgan fingerprint density at radius 1 is 0.676 bits per heavy atom. The van der Waals surface area contributed by atoms with Crippen LogP contribution in [0.4, 0.5) is 8.78 Å². The predicted molar refractivity (Wildman–Crippen MR) is 124 cm³/mol. The second-order valence-corrected chi connectivity index (χ2v) is 8.24. The Morgan fingerprint density at radius 2 is 1.12 bits per heavy atom. The number of rotatable bonds is 8. The molecule has 3 amide bonds. The monoisotopic (exact) mass is 465 g/mol. The molecule has 0 saturated carbocycles. The smallest absolute Gasteiger partial charge is 0.252 e. The van der Waals surface area contributed by atoms with E-state index in [0.717, 1.165) is 0 Å². The first-order chi connectivity index (χ1) is 16.2. The van der Waals surface area contributed by atoms with Crippen LogP contribution >= 0.6 is 0 Å². The zero-order valence-corrected chi connectivity index (χ0v) is 18.8. The maximum atomic E-state index is 13.1. The van der Waals surface area contributed by atoms with Gasteiger partial charge in [0, 0.05) is 13.1 Å². The third-order valence-electron chi connectivity index (χ3n) is 5.14. The maximum Gasteiger partial charge on any atom is 0.252 e. The lowest BCUT2D eigenvalue weighted by molar-refractivity contribution is -0.126. The van der Waals surface area contributed by atoms with Crippen molar-refractivity contribution < 1.29 is 23.2 Å². The summed E-state index contributed by atoms with van der Waals surface area (Å²) < 4.78 is 26.1. The molecule has 0 heterocycles. The lowest BCUT2D eigenvalue weighted by Crippen LogP contribution is -2.54. The summed E-state index contributed by atoms with van der Waals surface area (Å²) in [4.78, 5) is 38.3. The van der Waals surface area contributed by atoms with E-state index in [-0.39, 0.29) is 35.9 Å². The average Bonchev–Trinajstić information content (AvgIpc) is 2.82. The maximum absolute atomic E-state index is 13.1. The number of amides is 3. The molecule has 8 heteroatoms. The molecule has 0 bridgehead atoms. The van der Waals surface area contributed by atoms with Gasteiger partial charge in [-0.25, -0.2) is 8.78 Å². The van der Waals surface area contributed by atoms with Gasteiger partial charge in [0.2, 0.25) is 5.91 Å². The van der Waals surface area contributed by atoms with Crippen LogP contribution in [-0.4, -0.2) is 23.3 Å². The van der Waals surface area contributed by atoms with Gasteiger partial charge >= 0.3 is 0 Å². The number of hydrogen-bond donors (Lipinski definition) is 3. The molecule has 0 spiro atoms. The molecule has 0 atom stereocenters. The minimum atomic E-state index is -1.28. The van der Waals surface area contributed by atoms with Crippen LogP contribution in [0.15, 0.2) is 72.8 Å². The minimum Gasteiger partial charge on any atom is -0.350 e. The fourth-order valence-electron chi connectivity index (χ4n) is 3.17. The van der Waals surface area contributed by atoms with Crippen molar-refractivity contribution >= 4 is 17.7 Å². The van der Waals surface area contributed by atoms with Crippen molar-refractivity contribution in [2.75, 3.05) is 0 Å². The highest BCUT2D eigenvalue weighted by molar-refractivity contribution is 6.08. The average molecular weight is 466 g/mol. The van der Waals surface area contributed by atoms with Gasteiger partial charge in [-0.3, -0.25) is 14.4 Å². The fraction of sp³-hybridized carbons (Fsp3) is 0.192. The van der Waals surface area contributed by atoms with E-state index >= 15 is 0 Å². The standard InChI is InChI=1S/C26H25F2N3O3/c1-26(2,25(34)30-16-18-9-13-20(28)14-10-18)31-24(33)22-6-4-3-5-21(22)23(32)29-15-17-7-11-19(27)12-8-17/h3-14H,15-16H2,1-2H3,(H,29,32)(H,30,34)(H,31,33). The second-order valence-electron chi connectivity index (χ2n) is 8.24. The molecule has 0 aromatic heterocycles. The van der Waals surface area contributed by atoms with Gasteiger partial charge in [0.1, 0.15) is 17.2 Å². The van der Waals surface area contributed by atoms with Gasteiger partial charge in [0.15, 0.2) is 0 Å². The van der Waals surface area contributed by atoms with Crippen molar-refractivity contribution in [2.45, 2.75) is 32.5 Å². The Bertz CT molecular complexity index is 1180. The molecular formula is C26H25F2N3O3. The van der Waals surface area contributed by atoms with Crippen molar-refractivity contribution in [3.8, 4) is 0 Å². The lowest BCUT2D eigenvalue weighted by atomic mass is 10.0. The van der Waals surface area contributed by atoms with Gasteiger partial charge in [-0.1, -0.05) is 36.4 Å². The third-order valence-corrected chi connectivity index (χ3v) is 5.14. The van der Waals surface area contributed by atoms with E-state index in [1.165, 1.54) is 36.4 Å². The normalized spacial score (nSPS) is 10.9. The van der Waals surface area contributed by atoms with Crippen LogP contribution in [0.25, 0.3) is 0 Å². The summed E-state index contributed by atoms with van der Waals surface area (Å²) in [6.45, 7) is 3.41. The van der Waals surface area contributed by atoms with Gasteiger partial charge in [-0.05, 0) is 61.4 Å². The van der Waals surface area contributed by atoms with Crippen molar-refractivity contribution in [3.63, 3.8) is 0 Å². The first-order valence-electron chi connectivity index (χ1n) is 10.6. The van der Waals surface area contributed by atoms with E-state index in [4.69, 9.17) is 0 Å². The molecule has 3 aromatic carbocycles. The SMILES string of the molecule is CC(C)(NC(=O)c1ccccc1C(=O)NCc1ccc(F)cc1)C(=O)NCc1ccc(F)cc1. The van der Waals surface area contributed by atoms with Crippen LogP contribution in [0.2, 0.25) is 0 Å². The molecule has 0 aliphatic rings. The van der Waals surface area contributed by atoms with Crippen LogP contribution in [0.5, 0.6) is 0 Å². The summed E-state index contributed by atoms with van der Waals surface area (Å²) in [5.74, 6) is -2.25. The first kappa shape index (κ1) is 24.6. The molecule has 0 saturated heterocycles. The molecule has 3 N–H and O–H groups in total. The molecule has 0 fully saturated rings. The minimum absolute atomic E-state index is 0.110. The number of hydrogen-bond acceptors (Lipinski definition) is 3. The molecule has 0 aliphatic carbocycles. The van der Waals surface area contributed by atoms with Crippen LogP contribution in [0.3, 0.4) is 0 Å². The zero-order chi connectivity index (χ0) is 24.7. The summed E-state index contributed by atoms with van der Waals surface area (Å²) in [6, 6.07) is 17.7. The molecule has 0 aliphatic heterocycles. The fourth-order valence-corrected chi connectivity index (χ4v) is 3.17. The summed E-state index contributed by atoms with van der Waals surface area (Å²) in [5, 5.41) is 8.08. The van der Waals surface area contributed by atoms with Gasteiger partial charge in [0.05, 0.1) is 11.1 Å². The largest absolute Gasteiger partial charge is 0.350 e. The van der Waals surface area contributed by atoms with E-state index in [9.17, 15) is 23.2 Å². The van der Waals surface area contributed by atoms with E-state index < -0.39 is 23.3 Å². The number of carbonyl (C=O) groups excluding carboxylic acids is 3. The van der Waals surface area contributed by atoms with E-state index in [1.54, 1.807) is 50.2 Å². The molecule has 0 radical (unpaired) electrons. The molecular weight excluding hydrogens is 440 g/mol. The summed E-state index contributed by atoms with van der Waals surface area (Å²) >= 11 is 0. The molecule has 3 rings (SSSR count). The predicted octanol–water partition coefficient (Wildman–Crippen LogP) is 3.72. The summed E-state index contributed by atoms with van der Waals surface area (Å²) in [5.41, 5.74) is 0.383. The highest BCUT2D eigenvalue weighted by Crippen LogP contribution is 2.13. The molecule has 3 aromatic rings. The second kappa shape index (κ2) is 10.7. The molecule has 176 valence electrons. The van der Waals surface area contributed by atoms with Crippen LogP contribution < -0.4 is 16.0 Å². The highest BCUT2D eigenvalue weighted by atomic mass is 19.1. The third kappa shape index (κ3) is 6.48. The van der Waals surface area contributed by atoms with Gasteiger partial charge in [-0.2, -0.15) is 0 Å². The summed E-state index contributed by atoms with van der Waals surface area (Å²) in [6.07, 6.45) is 0. The number of nitrogens with one attached hydrogen (secondary N) is 3. The molecule has 0 unspecified atom stereocenters. The highest BCUT2D eigenvalue weighted by Gasteiger charge is 2.30. The molecule has 34 heavy (non-hydrogen) atoms. The first-order valence-corrected chi connectivity index (χ1v) is 10.6. The number of carbonyl (C=O) groups is 3. The van der Waals surface area contributed by atoms with Crippen LogP contribution in [-0.2, 0) is 17.9 Å². The van der Waals surface area contributed by atoms with Gasteiger partial charge < -0.3 is 16.0 Å². The Hall–Kier alpha value is -4.07. The van der Waals surface area contributed by atoms with Crippen molar-refractivity contribution in [1.29, 1.82) is 0 Å². The van der Waals surface area contributed by atoms with Gasteiger partial charge in [0.25, 0.3) is 11.8 Å². The topological polar surface area (TPSA) is 87.3 Å². The van der Waals surface area contributed by atoms with E-state index in [2.05, 4.69) is 16.0 Å². The number of benzene rings is 3.